The van der Waals surface area contributed by atoms with E-state index in [0.29, 0.717) is 31.5 Å². The van der Waals surface area contributed by atoms with Crippen molar-refractivity contribution in [2.45, 2.75) is 68.5 Å². The third kappa shape index (κ3) is 7.43. The zero-order valence-corrected chi connectivity index (χ0v) is 27.7. The van der Waals surface area contributed by atoms with Crippen LogP contribution in [0, 0.1) is 5.41 Å². The average Bonchev–Trinajstić information content (AvgIpc) is 3.50. The van der Waals surface area contributed by atoms with Crippen LogP contribution in [-0.2, 0) is 20.9 Å². The Morgan fingerprint density at radius 2 is 1.66 bits per heavy atom. The maximum absolute atomic E-state index is 14.2. The number of halogens is 3. The number of aromatic nitrogens is 4. The van der Waals surface area contributed by atoms with Gasteiger partial charge in [0.2, 0.25) is 16.3 Å². The molecular formula is C31H36F3N7O8S. The van der Waals surface area contributed by atoms with E-state index in [1.807, 2.05) is 13.8 Å². The fraction of sp³-hybridized carbons (Fsp3) is 0.419. The van der Waals surface area contributed by atoms with Gasteiger partial charge < -0.3 is 29.9 Å². The molecular weight excluding hydrogens is 687 g/mol. The van der Waals surface area contributed by atoms with Crippen molar-refractivity contribution in [1.82, 2.24) is 23.7 Å². The monoisotopic (exact) mass is 723 g/mol. The first kappa shape index (κ1) is 37.0. The lowest BCUT2D eigenvalue weighted by Gasteiger charge is -2.39. The van der Waals surface area contributed by atoms with Gasteiger partial charge >= 0.3 is 6.18 Å². The molecule has 2 aromatic heterocycles. The maximum atomic E-state index is 14.2. The molecule has 50 heavy (non-hydrogen) atoms. The number of hydrogen-bond donors (Lipinski definition) is 5. The Bertz CT molecular complexity index is 1980. The second kappa shape index (κ2) is 14.9. The van der Waals surface area contributed by atoms with E-state index in [1.165, 1.54) is 59.1 Å². The highest BCUT2D eigenvalue weighted by molar-refractivity contribution is 7.89. The summed E-state index contributed by atoms with van der Waals surface area (Å²) in [7, 11) is -3.83. The summed E-state index contributed by atoms with van der Waals surface area (Å²) in [6, 6.07) is 11.1. The minimum atomic E-state index is -4.97. The molecule has 15 nitrogen and oxygen atoms in total. The van der Waals surface area contributed by atoms with E-state index in [-0.39, 0.29) is 22.0 Å². The molecule has 0 bridgehead atoms. The fourth-order valence-electron chi connectivity index (χ4n) is 5.31. The Hall–Kier alpha value is -4.24. The Balaban J connectivity index is 1.40. The van der Waals surface area contributed by atoms with Crippen LogP contribution in [0.25, 0.3) is 16.7 Å². The third-order valence-electron chi connectivity index (χ3n) is 7.86. The van der Waals surface area contributed by atoms with Crippen molar-refractivity contribution in [2.24, 2.45) is 5.10 Å². The summed E-state index contributed by atoms with van der Waals surface area (Å²) in [4.78, 5) is 4.09. The van der Waals surface area contributed by atoms with Gasteiger partial charge in [0, 0.05) is 13.1 Å². The van der Waals surface area contributed by atoms with Gasteiger partial charge in [0.05, 0.1) is 28.8 Å². The summed E-state index contributed by atoms with van der Waals surface area (Å²) in [5.74, 6) is 0.176. The van der Waals surface area contributed by atoms with Crippen molar-refractivity contribution in [3.05, 3.63) is 71.6 Å². The average molecular weight is 724 g/mol. The number of ether oxygens (including phenoxy) is 2. The Morgan fingerprint density at radius 3 is 2.24 bits per heavy atom. The lowest BCUT2D eigenvalue weighted by molar-refractivity contribution is -0.277. The van der Waals surface area contributed by atoms with Crippen LogP contribution in [0.3, 0.4) is 0 Å². The number of nitrogens with one attached hydrogen (secondary N) is 1. The number of hydrogen-bond acceptors (Lipinski definition) is 12. The predicted molar refractivity (Wildman–Crippen MR) is 171 cm³/mol. The molecule has 5 atom stereocenters. The van der Waals surface area contributed by atoms with Crippen molar-refractivity contribution in [3.8, 4) is 11.4 Å². The zero-order chi connectivity index (χ0) is 36.4. The second-order valence-corrected chi connectivity index (χ2v) is 13.4. The fourth-order valence-corrected chi connectivity index (χ4v) is 6.94. The molecule has 0 aliphatic carbocycles. The third-order valence-corrected chi connectivity index (χ3v) is 9.77. The molecule has 1 fully saturated rings. The summed E-state index contributed by atoms with van der Waals surface area (Å²) in [5.41, 5.74) is -1.81. The smallest absolute Gasteiger partial charge is 0.436 e. The summed E-state index contributed by atoms with van der Waals surface area (Å²) in [6.45, 7) is 3.73. The molecule has 5 N–H and O–H groups in total. The Labute approximate surface area is 284 Å². The Morgan fingerprint density at radius 1 is 1.02 bits per heavy atom. The first-order chi connectivity index (χ1) is 23.7. The summed E-state index contributed by atoms with van der Waals surface area (Å²) in [6.07, 6.45) is -8.80. The van der Waals surface area contributed by atoms with Crippen LogP contribution in [0.4, 0.5) is 13.2 Å². The quantitative estimate of drug-likeness (QED) is 0.133. The van der Waals surface area contributed by atoms with E-state index in [9.17, 15) is 42.0 Å². The highest BCUT2D eigenvalue weighted by atomic mass is 32.2. The number of aliphatic hydroxyl groups is 4. The SMILES string of the molecule is CCCN(CCC)S(=O)(=O)c1ccc(-n2nc(C(F)(F)F)c3c(=N)n(/N=C\c4ccc(OC5OC(CO)C(O)C(O)C5O)cc4)cnc32)cc1. The molecule has 19 heteroatoms. The van der Waals surface area contributed by atoms with Gasteiger partial charge in [-0.1, -0.05) is 13.8 Å². The van der Waals surface area contributed by atoms with E-state index in [2.05, 4.69) is 15.2 Å². The summed E-state index contributed by atoms with van der Waals surface area (Å²) in [5, 5.41) is 55.2. The van der Waals surface area contributed by atoms with E-state index < -0.39 is 70.1 Å². The highest BCUT2D eigenvalue weighted by Gasteiger charge is 2.44. The minimum Gasteiger partial charge on any atom is -0.462 e. The summed E-state index contributed by atoms with van der Waals surface area (Å²) >= 11 is 0. The van der Waals surface area contributed by atoms with Gasteiger partial charge in [-0.25, -0.2) is 22.8 Å². The van der Waals surface area contributed by atoms with Crippen LogP contribution in [0.2, 0.25) is 0 Å². The maximum Gasteiger partial charge on any atom is 0.436 e. The van der Waals surface area contributed by atoms with Crippen molar-refractivity contribution in [1.29, 1.82) is 5.41 Å². The minimum absolute atomic E-state index is 0.0227. The number of rotatable bonds is 12. The number of sulfonamides is 1. The largest absolute Gasteiger partial charge is 0.462 e. The molecule has 2 aromatic carbocycles. The van der Waals surface area contributed by atoms with Crippen molar-refractivity contribution >= 4 is 27.3 Å². The van der Waals surface area contributed by atoms with Crippen LogP contribution >= 0.6 is 0 Å². The topological polar surface area (TPSA) is 209 Å². The van der Waals surface area contributed by atoms with Gasteiger partial charge in [0.25, 0.3) is 0 Å². The number of alkyl halides is 3. The standard InChI is InChI=1S/C31H36F3N7O8S/c1-3-13-39(14-4-2)50(46,47)21-11-7-19(8-12-21)41-29-23(27(38-41)31(32,33)34)28(35)40(17-36-29)37-15-18-5-9-20(10-6-18)48-30-26(45)25(44)24(43)22(16-42)49-30/h5-12,15,17,22,24-26,30,35,42-45H,3-4,13-14,16H2,1-2H3/b35-28?,37-15-. The van der Waals surface area contributed by atoms with Gasteiger partial charge in [-0.2, -0.15) is 27.7 Å². The van der Waals surface area contributed by atoms with Crippen LogP contribution in [-0.4, -0.2) is 109 Å². The molecule has 1 aliphatic rings. The van der Waals surface area contributed by atoms with E-state index >= 15 is 0 Å². The van der Waals surface area contributed by atoms with Gasteiger partial charge in [0.1, 0.15) is 36.5 Å². The van der Waals surface area contributed by atoms with Crippen molar-refractivity contribution in [2.75, 3.05) is 19.7 Å². The molecule has 1 aliphatic heterocycles. The number of fused-ring (bicyclic) bond motifs is 1. The van der Waals surface area contributed by atoms with Gasteiger partial charge in [0.15, 0.2) is 16.8 Å². The van der Waals surface area contributed by atoms with Crippen molar-refractivity contribution in [3.63, 3.8) is 0 Å². The van der Waals surface area contributed by atoms with Gasteiger partial charge in [-0.05, 0) is 66.9 Å². The van der Waals surface area contributed by atoms with E-state index in [0.717, 1.165) is 15.7 Å². The lowest BCUT2D eigenvalue weighted by Crippen LogP contribution is -2.60. The molecule has 4 aromatic rings. The normalized spacial score (nSPS) is 21.8. The molecule has 0 spiro atoms. The molecule has 5 rings (SSSR count). The molecule has 5 unspecified atom stereocenters. The number of nitrogens with zero attached hydrogens (tertiary/aromatic N) is 6. The van der Waals surface area contributed by atoms with Crippen LogP contribution in [0.1, 0.15) is 37.9 Å². The highest BCUT2D eigenvalue weighted by Crippen LogP contribution is 2.33. The molecule has 3 heterocycles. The second-order valence-electron chi connectivity index (χ2n) is 11.4. The number of benzene rings is 2. The van der Waals surface area contributed by atoms with E-state index in [4.69, 9.17) is 14.9 Å². The summed E-state index contributed by atoms with van der Waals surface area (Å²) < 4.78 is 82.8. The van der Waals surface area contributed by atoms with E-state index in [1.54, 1.807) is 0 Å². The first-order valence-corrected chi connectivity index (χ1v) is 17.0. The molecule has 270 valence electrons. The van der Waals surface area contributed by atoms with Gasteiger partial charge in [-0.15, -0.1) is 0 Å². The van der Waals surface area contributed by atoms with Crippen LogP contribution < -0.4 is 10.2 Å². The zero-order valence-electron chi connectivity index (χ0n) is 26.8. The molecule has 0 amide bonds. The van der Waals surface area contributed by atoms with Gasteiger partial charge in [-0.3, -0.25) is 5.41 Å². The van der Waals surface area contributed by atoms with Crippen molar-refractivity contribution < 1.29 is 51.5 Å². The first-order valence-electron chi connectivity index (χ1n) is 15.6. The van der Waals surface area contributed by atoms with Crippen LogP contribution in [0.15, 0.2) is 64.9 Å². The number of aliphatic hydroxyl groups excluding tert-OH is 4. The molecule has 1 saturated heterocycles. The Kier molecular flexibility index (Phi) is 11.1. The molecule has 0 saturated carbocycles. The van der Waals surface area contributed by atoms with Crippen LogP contribution in [0.5, 0.6) is 5.75 Å². The molecule has 0 radical (unpaired) electrons. The predicted octanol–water partition coefficient (Wildman–Crippen LogP) is 1.59. The lowest BCUT2D eigenvalue weighted by atomic mass is 9.99.